The zero-order valence-electron chi connectivity index (χ0n) is 10.1. The minimum atomic E-state index is -3.86. The van der Waals surface area contributed by atoms with Crippen LogP contribution in [-0.4, -0.2) is 29.0 Å². The molecular weight excluding hydrogens is 290 g/mol. The highest BCUT2D eigenvalue weighted by Gasteiger charge is 2.22. The standard InChI is InChI=1S/C9H11N5O3S2/c1-5(15)6-4-18-9(11-6)13-19(16,17)7-3-14(2)12-8(7)10/h3-4H,1-2H3,(H2,10,12)(H,11,13). The molecule has 3 N–H and O–H groups in total. The minimum Gasteiger partial charge on any atom is -0.381 e. The summed E-state index contributed by atoms with van der Waals surface area (Å²) in [4.78, 5) is 14.8. The molecule has 8 nitrogen and oxygen atoms in total. The number of sulfonamides is 1. The van der Waals surface area contributed by atoms with Crippen LogP contribution >= 0.6 is 11.3 Å². The molecule has 0 fully saturated rings. The Morgan fingerprint density at radius 2 is 2.21 bits per heavy atom. The Hall–Kier alpha value is -1.94. The highest BCUT2D eigenvalue weighted by Crippen LogP contribution is 2.22. The first-order valence-electron chi connectivity index (χ1n) is 5.08. The van der Waals surface area contributed by atoms with Gasteiger partial charge in [-0.3, -0.25) is 14.2 Å². The van der Waals surface area contributed by atoms with E-state index in [-0.39, 0.29) is 27.3 Å². The van der Waals surface area contributed by atoms with Crippen LogP contribution in [-0.2, 0) is 17.1 Å². The second kappa shape index (κ2) is 4.63. The summed E-state index contributed by atoms with van der Waals surface area (Å²) in [6, 6.07) is 0. The van der Waals surface area contributed by atoms with Crippen LogP contribution in [0.2, 0.25) is 0 Å². The van der Waals surface area contributed by atoms with Crippen molar-refractivity contribution in [2.75, 3.05) is 10.5 Å². The Morgan fingerprint density at radius 1 is 1.53 bits per heavy atom. The number of thiazole rings is 1. The van der Waals surface area contributed by atoms with E-state index in [9.17, 15) is 13.2 Å². The third-order valence-electron chi connectivity index (χ3n) is 2.20. The van der Waals surface area contributed by atoms with Gasteiger partial charge in [-0.25, -0.2) is 13.4 Å². The smallest absolute Gasteiger partial charge is 0.268 e. The third-order valence-corrected chi connectivity index (χ3v) is 4.44. The molecule has 0 unspecified atom stereocenters. The lowest BCUT2D eigenvalue weighted by atomic mass is 10.4. The molecular formula is C9H11N5O3S2. The summed E-state index contributed by atoms with van der Waals surface area (Å²) in [6.07, 6.45) is 1.29. The molecule has 0 aliphatic carbocycles. The molecule has 0 radical (unpaired) electrons. The summed E-state index contributed by atoms with van der Waals surface area (Å²) in [5.74, 6) is -0.332. The number of nitrogens with one attached hydrogen (secondary N) is 1. The van der Waals surface area contributed by atoms with E-state index in [2.05, 4.69) is 14.8 Å². The Morgan fingerprint density at radius 3 is 2.68 bits per heavy atom. The van der Waals surface area contributed by atoms with Gasteiger partial charge < -0.3 is 5.73 Å². The fourth-order valence-electron chi connectivity index (χ4n) is 1.34. The van der Waals surface area contributed by atoms with Gasteiger partial charge in [-0.1, -0.05) is 0 Å². The van der Waals surface area contributed by atoms with Crippen LogP contribution in [0.5, 0.6) is 0 Å². The summed E-state index contributed by atoms with van der Waals surface area (Å²) >= 11 is 1.02. The molecule has 0 aliphatic rings. The van der Waals surface area contributed by atoms with Gasteiger partial charge in [0.05, 0.1) is 0 Å². The first-order valence-corrected chi connectivity index (χ1v) is 7.44. The van der Waals surface area contributed by atoms with Gasteiger partial charge in [0.25, 0.3) is 10.0 Å². The Balaban J connectivity index is 2.31. The second-order valence-electron chi connectivity index (χ2n) is 3.75. The van der Waals surface area contributed by atoms with Crippen LogP contribution in [0, 0.1) is 0 Å². The molecule has 0 spiro atoms. The highest BCUT2D eigenvalue weighted by atomic mass is 32.2. The van der Waals surface area contributed by atoms with Gasteiger partial charge in [0.2, 0.25) is 0 Å². The van der Waals surface area contributed by atoms with Crippen molar-refractivity contribution in [2.45, 2.75) is 11.8 Å². The number of nitrogens with two attached hydrogens (primary N) is 1. The number of nitrogen functional groups attached to an aromatic ring is 1. The fourth-order valence-corrected chi connectivity index (χ4v) is 3.45. The van der Waals surface area contributed by atoms with Gasteiger partial charge in [-0.15, -0.1) is 11.3 Å². The number of nitrogens with zero attached hydrogens (tertiary/aromatic N) is 3. The monoisotopic (exact) mass is 301 g/mol. The van der Waals surface area contributed by atoms with E-state index >= 15 is 0 Å². The van der Waals surface area contributed by atoms with Crippen molar-refractivity contribution in [3.63, 3.8) is 0 Å². The van der Waals surface area contributed by atoms with Gasteiger partial charge in [-0.05, 0) is 0 Å². The molecule has 0 saturated carbocycles. The Kier molecular flexibility index (Phi) is 3.28. The number of rotatable bonds is 4. The summed E-state index contributed by atoms with van der Waals surface area (Å²) in [5, 5.41) is 5.34. The van der Waals surface area contributed by atoms with Crippen molar-refractivity contribution in [1.82, 2.24) is 14.8 Å². The maximum atomic E-state index is 12.1. The lowest BCUT2D eigenvalue weighted by Crippen LogP contribution is -2.14. The topological polar surface area (TPSA) is 120 Å². The number of anilines is 2. The quantitative estimate of drug-likeness (QED) is 0.792. The van der Waals surface area contributed by atoms with E-state index in [0.717, 1.165) is 11.3 Å². The molecule has 0 bridgehead atoms. The second-order valence-corrected chi connectivity index (χ2v) is 6.26. The minimum absolute atomic E-state index is 0.0988. The van der Waals surface area contributed by atoms with Crippen molar-refractivity contribution >= 4 is 38.1 Å². The predicted octanol–water partition coefficient (Wildman–Crippen LogP) is 0.462. The van der Waals surface area contributed by atoms with Gasteiger partial charge in [-0.2, -0.15) is 5.10 Å². The summed E-state index contributed by atoms with van der Waals surface area (Å²) in [7, 11) is -2.30. The molecule has 2 heterocycles. The predicted molar refractivity (Wildman–Crippen MR) is 70.5 cm³/mol. The van der Waals surface area contributed by atoms with Crippen molar-refractivity contribution in [3.05, 3.63) is 17.3 Å². The van der Waals surface area contributed by atoms with E-state index < -0.39 is 10.0 Å². The van der Waals surface area contributed by atoms with E-state index in [1.165, 1.54) is 23.2 Å². The normalized spacial score (nSPS) is 11.5. The molecule has 0 amide bonds. The molecule has 19 heavy (non-hydrogen) atoms. The average Bonchev–Trinajstić information content (AvgIpc) is 2.85. The molecule has 10 heteroatoms. The molecule has 102 valence electrons. The van der Waals surface area contributed by atoms with E-state index in [4.69, 9.17) is 5.73 Å². The maximum absolute atomic E-state index is 12.1. The first kappa shape index (κ1) is 13.5. The summed E-state index contributed by atoms with van der Waals surface area (Å²) in [5.41, 5.74) is 5.72. The molecule has 2 aromatic rings. The largest absolute Gasteiger partial charge is 0.381 e. The fraction of sp³-hybridized carbons (Fsp3) is 0.222. The van der Waals surface area contributed by atoms with Crippen molar-refractivity contribution < 1.29 is 13.2 Å². The van der Waals surface area contributed by atoms with Gasteiger partial charge in [0.1, 0.15) is 10.6 Å². The third kappa shape index (κ3) is 2.74. The van der Waals surface area contributed by atoms with E-state index in [1.807, 2.05) is 0 Å². The van der Waals surface area contributed by atoms with Crippen LogP contribution in [0.25, 0.3) is 0 Å². The molecule has 0 aliphatic heterocycles. The number of carbonyl (C=O) groups is 1. The lowest BCUT2D eigenvalue weighted by Gasteiger charge is -2.02. The molecule has 2 aromatic heterocycles. The molecule has 0 aromatic carbocycles. The number of ketones is 1. The Bertz CT molecular complexity index is 731. The van der Waals surface area contributed by atoms with Crippen molar-refractivity contribution in [3.8, 4) is 0 Å². The number of hydrogen-bond donors (Lipinski definition) is 2. The Labute approximate surface area is 113 Å². The number of hydrogen-bond acceptors (Lipinski definition) is 7. The molecule has 2 rings (SSSR count). The van der Waals surface area contributed by atoms with E-state index in [1.54, 1.807) is 7.05 Å². The zero-order valence-corrected chi connectivity index (χ0v) is 11.7. The van der Waals surface area contributed by atoms with Crippen LogP contribution in [0.4, 0.5) is 10.9 Å². The average molecular weight is 301 g/mol. The van der Waals surface area contributed by atoms with Gasteiger partial charge in [0, 0.05) is 25.5 Å². The number of aryl methyl sites for hydroxylation is 1. The number of carbonyl (C=O) groups excluding carboxylic acids is 1. The lowest BCUT2D eigenvalue weighted by molar-refractivity contribution is 0.101. The SMILES string of the molecule is CC(=O)c1csc(NS(=O)(=O)c2cn(C)nc2N)n1. The van der Waals surface area contributed by atoms with Crippen LogP contribution in [0.3, 0.4) is 0 Å². The van der Waals surface area contributed by atoms with Gasteiger partial charge >= 0.3 is 0 Å². The molecule has 0 atom stereocenters. The first-order chi connectivity index (χ1) is 8.79. The summed E-state index contributed by atoms with van der Waals surface area (Å²) in [6.45, 7) is 1.35. The van der Waals surface area contributed by atoms with E-state index in [0.29, 0.717) is 0 Å². The van der Waals surface area contributed by atoms with Crippen molar-refractivity contribution in [2.24, 2.45) is 7.05 Å². The van der Waals surface area contributed by atoms with Crippen LogP contribution in [0.1, 0.15) is 17.4 Å². The number of Topliss-reactive ketones (excluding diaryl/α,β-unsaturated/α-hetero) is 1. The number of aromatic nitrogens is 3. The summed E-state index contributed by atoms with van der Waals surface area (Å²) < 4.78 is 27.7. The molecule has 0 saturated heterocycles. The van der Waals surface area contributed by atoms with Crippen LogP contribution in [0.15, 0.2) is 16.5 Å². The maximum Gasteiger partial charge on any atom is 0.268 e. The van der Waals surface area contributed by atoms with Crippen molar-refractivity contribution in [1.29, 1.82) is 0 Å². The zero-order chi connectivity index (χ0) is 14.2. The van der Waals surface area contributed by atoms with Crippen LogP contribution < -0.4 is 10.5 Å². The highest BCUT2D eigenvalue weighted by molar-refractivity contribution is 7.93. The van der Waals surface area contributed by atoms with Gasteiger partial charge in [0.15, 0.2) is 16.7 Å².